The van der Waals surface area contributed by atoms with Crippen LogP contribution >= 0.6 is 418 Å². The maximum atomic E-state index is 6.73. The van der Waals surface area contributed by atoms with E-state index in [0.29, 0.717) is 72.5 Å². The highest BCUT2D eigenvalue weighted by Gasteiger charge is 2.50. The minimum Gasteiger partial charge on any atom is -0.0841 e. The molecule has 0 aliphatic heterocycles. The zero-order valence-electron chi connectivity index (χ0n) is 44.7. The van der Waals surface area contributed by atoms with Gasteiger partial charge in [0, 0.05) is 135 Å². The van der Waals surface area contributed by atoms with Crippen LogP contribution in [0.1, 0.15) is 0 Å². The van der Waals surface area contributed by atoms with E-state index in [1.165, 1.54) is 0 Å². The second-order valence-electron chi connectivity index (χ2n) is 22.9. The zero-order valence-corrected chi connectivity index (χ0v) is 93.9. The van der Waals surface area contributed by atoms with Crippen LogP contribution in [0.2, 0.25) is 121 Å². The Bertz CT molecular complexity index is 1450. The lowest BCUT2D eigenvalue weighted by atomic mass is 10.9. The first kappa shape index (κ1) is 99.1. The molecule has 0 aliphatic rings. The van der Waals surface area contributed by atoms with Crippen LogP contribution in [0.15, 0.2) is 0 Å². The van der Waals surface area contributed by atoms with Crippen LogP contribution in [0.4, 0.5) is 0 Å². The predicted octanol–water partition coefficient (Wildman–Crippen LogP) is 18.7. The lowest BCUT2D eigenvalue weighted by molar-refractivity contribution is 1.09. The smallest absolute Gasteiger partial charge is 0.0841 e. The topological polar surface area (TPSA) is 0 Å². The van der Waals surface area contributed by atoms with Gasteiger partial charge in [0.15, 0.2) is 45.5 Å². The van der Waals surface area contributed by atoms with E-state index in [9.17, 15) is 0 Å². The van der Waals surface area contributed by atoms with Crippen molar-refractivity contribution < 1.29 is 0 Å². The number of hydrogen-bond donors (Lipinski definition) is 0. The van der Waals surface area contributed by atoms with Gasteiger partial charge in [-0.25, -0.2) is 0 Å². The molecule has 53 heteroatoms. The van der Waals surface area contributed by atoms with Gasteiger partial charge in [0.1, 0.15) is 0 Å². The third-order valence-corrected chi connectivity index (χ3v) is 208. The van der Waals surface area contributed by atoms with Crippen LogP contribution in [-0.2, 0) is 0 Å². The van der Waals surface area contributed by atoms with Gasteiger partial charge in [0.05, 0.1) is 8.07 Å². The summed E-state index contributed by atoms with van der Waals surface area (Å²) in [5.74, 6) is 0. The Labute approximate surface area is 714 Å². The first-order chi connectivity index (χ1) is 37.3. The second-order valence-corrected chi connectivity index (χ2v) is 192. The molecule has 0 heterocycles. The van der Waals surface area contributed by atoms with Gasteiger partial charge in [-0.1, -0.05) is 466 Å². The van der Waals surface area contributed by atoms with Crippen molar-refractivity contribution in [1.82, 2.24) is 0 Å². The Morgan fingerprint density at radius 3 is 0.294 bits per heavy atom. The van der Waals surface area contributed by atoms with Crippen LogP contribution in [-0.4, -0.2) is 189 Å². The molecule has 0 aromatic rings. The van der Waals surface area contributed by atoms with Gasteiger partial charge in [-0.05, 0) is 72.5 Å². The monoisotopic (exact) mass is 2180 g/mol. The van der Waals surface area contributed by atoms with E-state index in [1.54, 1.807) is 0 Å². The summed E-state index contributed by atoms with van der Waals surface area (Å²) < 4.78 is -18.5. The average Bonchev–Trinajstić information content (AvgIpc) is 3.50. The number of halogens is 36. The molecule has 0 bridgehead atoms. The summed E-state index contributed by atoms with van der Waals surface area (Å²) in [6.07, 6.45) is 0. The molecular formula is C32H64Cl36Si17. The van der Waals surface area contributed by atoms with Gasteiger partial charge in [-0.3, -0.25) is 0 Å². The van der Waals surface area contributed by atoms with Crippen molar-refractivity contribution in [2.75, 3.05) is 0 Å². The van der Waals surface area contributed by atoms with E-state index in [2.05, 4.69) is 0 Å². The molecule has 0 fully saturated rings. The quantitative estimate of drug-likeness (QED) is 0.0433. The van der Waals surface area contributed by atoms with E-state index in [1.807, 2.05) is 0 Å². The lowest BCUT2D eigenvalue weighted by Gasteiger charge is -2.45. The highest BCUT2D eigenvalue weighted by Crippen LogP contribution is 2.47. The molecule has 0 aliphatic carbocycles. The van der Waals surface area contributed by atoms with Crippen LogP contribution in [0, 0.1) is 0 Å². The third-order valence-electron chi connectivity index (χ3n) is 16.0. The van der Waals surface area contributed by atoms with E-state index >= 15 is 0 Å². The van der Waals surface area contributed by atoms with Crippen molar-refractivity contribution in [1.29, 1.82) is 0 Å². The largest absolute Gasteiger partial charge is 0.187 e. The van der Waals surface area contributed by atoms with Gasteiger partial charge < -0.3 is 0 Å². The Balaban J connectivity index is 9.82. The lowest BCUT2D eigenvalue weighted by Crippen LogP contribution is -2.61. The molecule has 0 rings (SSSR count). The first-order valence-electron chi connectivity index (χ1n) is 26.1. The Morgan fingerprint density at radius 2 is 0.224 bits per heavy atom. The minimum atomic E-state index is -2.92. The maximum absolute atomic E-state index is 6.73. The first-order valence-corrected chi connectivity index (χ1v) is 91.3. The van der Waals surface area contributed by atoms with Crippen LogP contribution < -0.4 is 0 Å². The molecule has 85 heavy (non-hydrogen) atoms. The van der Waals surface area contributed by atoms with Crippen molar-refractivity contribution in [2.45, 2.75) is 166 Å². The normalized spacial score (nSPS) is 19.9. The van der Waals surface area contributed by atoms with Gasteiger partial charge in [-0.2, -0.15) is 0 Å². The molecule has 0 spiro atoms. The van der Waals surface area contributed by atoms with Crippen molar-refractivity contribution >= 4 is 561 Å². The number of alkyl halides is 36. The van der Waals surface area contributed by atoms with Crippen molar-refractivity contribution in [3.8, 4) is 0 Å². The summed E-state index contributed by atoms with van der Waals surface area (Å²) in [6, 6.07) is 11.3. The van der Waals surface area contributed by atoms with Gasteiger partial charge in [0.2, 0.25) is 0 Å². The predicted molar refractivity (Wildman–Crippen MR) is 471 cm³/mol. The molecule has 0 nitrogen and oxygen atoms in total. The zero-order chi connectivity index (χ0) is 67.1. The van der Waals surface area contributed by atoms with Crippen LogP contribution in [0.25, 0.3) is 0 Å². The Hall–Kier alpha value is 14.1. The average molecular weight is 2200 g/mol. The molecule has 0 saturated heterocycles. The molecule has 0 N–H and O–H groups in total. The Kier molecular flexibility index (Phi) is 49.2. The van der Waals surface area contributed by atoms with E-state index in [0.717, 1.165) is 48.4 Å². The second kappa shape index (κ2) is 42.2. The minimum absolute atomic E-state index is 0.385. The standard InChI is InChI=1S/C32H64Cl36Si17/c33-21(34,35)9-69-82(70-10-22(36,37)38,71-11-23(39,40)41)5-1-81(2-6-83(72-12-24(42,43)44,73-13-25(45,46)47)74-14-26(48,49)50,3-7-84(75-15-27(51,52)53,76-16-28(54,55)56)77-17-29(57,58)59)4-8-85(78-18-30(60,61)62,79-19-31(63,64)65)80-20-32(66,67)68/h1-20,69-80H2. The fourth-order valence-electron chi connectivity index (χ4n) is 10.8. The molecule has 0 unspecified atom stereocenters. The van der Waals surface area contributed by atoms with Gasteiger partial charge >= 0.3 is 0 Å². The fraction of sp³-hybridized carbons (Fsp3) is 1.00. The molecule has 0 amide bonds. The summed E-state index contributed by atoms with van der Waals surface area (Å²) in [5.41, 5.74) is 0. The molecule has 0 saturated carbocycles. The highest BCUT2D eigenvalue weighted by molar-refractivity contribution is 7.72. The Morgan fingerprint density at radius 1 is 0.141 bits per heavy atom. The van der Waals surface area contributed by atoms with Crippen molar-refractivity contribution in [3.05, 3.63) is 0 Å². The maximum Gasteiger partial charge on any atom is 0.187 e. The molecule has 0 aromatic carbocycles. The molecule has 0 radical (unpaired) electrons. The summed E-state index contributed by atoms with van der Waals surface area (Å²) in [6.45, 7) is -9.95. The van der Waals surface area contributed by atoms with Crippen molar-refractivity contribution in [2.24, 2.45) is 0 Å². The summed E-state index contributed by atoms with van der Waals surface area (Å²) in [4.78, 5) is 0. The van der Waals surface area contributed by atoms with Gasteiger partial charge in [-0.15, -0.1) is 0 Å². The molecule has 0 atom stereocenters. The fourth-order valence-corrected chi connectivity index (χ4v) is 207. The molecule has 512 valence electrons. The van der Waals surface area contributed by atoms with Crippen LogP contribution in [0.3, 0.4) is 0 Å². The summed E-state index contributed by atoms with van der Waals surface area (Å²) >= 11 is 242. The van der Waals surface area contributed by atoms with Gasteiger partial charge in [0.25, 0.3) is 0 Å². The van der Waals surface area contributed by atoms with E-state index in [4.69, 9.17) is 418 Å². The number of rotatable bonds is 36. The summed E-state index contributed by atoms with van der Waals surface area (Å²) in [5, 5.41) is 0. The number of hydrogen-bond acceptors (Lipinski definition) is 0. The molecule has 0 aromatic heterocycles. The molecular weight excluding hydrogens is 2140 g/mol. The summed E-state index contributed by atoms with van der Waals surface area (Å²) in [7, 11) is -17.3. The van der Waals surface area contributed by atoms with Crippen molar-refractivity contribution in [3.63, 3.8) is 0 Å². The third kappa shape index (κ3) is 57.0. The van der Waals surface area contributed by atoms with E-state index in [-0.39, 0.29) is 0 Å². The van der Waals surface area contributed by atoms with Crippen LogP contribution in [0.5, 0.6) is 0 Å². The SMILES string of the molecule is ClC(Cl)(Cl)C[SiH2][Si](CC[Si](CC[Si]([SiH2]CC(Cl)(Cl)Cl)([SiH2]CC(Cl)(Cl)Cl)[SiH2]CC(Cl)(Cl)Cl)(CC[Si]([SiH2]CC(Cl)(Cl)Cl)([SiH2]CC(Cl)(Cl)Cl)[SiH2]CC(Cl)(Cl)Cl)CC[Si]([SiH2]CC(Cl)(Cl)Cl)([SiH2]CC(Cl)(Cl)Cl)[SiH2]CC(Cl)(Cl)Cl)([SiH2]CC(Cl)(Cl)Cl)[SiH2]CC(Cl)(Cl)Cl. The highest BCUT2D eigenvalue weighted by atomic mass is 35.6. The van der Waals surface area contributed by atoms with E-state index < -0.39 is 189 Å².